The Morgan fingerprint density at radius 1 is 1.00 bits per heavy atom. The van der Waals surface area contributed by atoms with E-state index in [1.807, 2.05) is 23.1 Å². The average molecular weight is 268 g/mol. The van der Waals surface area contributed by atoms with Gasteiger partial charge in [0.25, 0.3) is 5.91 Å². The summed E-state index contributed by atoms with van der Waals surface area (Å²) in [4.78, 5) is 14.4. The summed E-state index contributed by atoms with van der Waals surface area (Å²) in [5.41, 5.74) is 4.23. The number of hydrogen-bond donors (Lipinski definition) is 0. The van der Waals surface area contributed by atoms with Gasteiger partial charge in [-0.2, -0.15) is 0 Å². The molecule has 104 valence electrons. The lowest BCUT2D eigenvalue weighted by atomic mass is 10.1. The van der Waals surface area contributed by atoms with Crippen LogP contribution in [0.1, 0.15) is 34.6 Å². The molecule has 0 unspecified atom stereocenters. The van der Waals surface area contributed by atoms with Crippen LogP contribution in [0, 0.1) is 13.8 Å². The fraction of sp³-hybridized carbons (Fsp3) is 0.353. The molecule has 3 rings (SSSR count). The molecule has 0 atom stereocenters. The second-order valence-corrected chi connectivity index (χ2v) is 5.50. The van der Waals surface area contributed by atoms with E-state index in [2.05, 4.69) is 36.6 Å². The van der Waals surface area contributed by atoms with Crippen LogP contribution in [-0.4, -0.2) is 28.5 Å². The van der Waals surface area contributed by atoms with Crippen LogP contribution in [0.4, 0.5) is 0 Å². The maximum atomic E-state index is 12.5. The van der Waals surface area contributed by atoms with Crippen molar-refractivity contribution in [1.82, 2.24) is 9.47 Å². The number of amides is 1. The van der Waals surface area contributed by atoms with Crippen LogP contribution in [0.15, 0.2) is 36.4 Å². The number of benzene rings is 1. The number of aromatic nitrogens is 1. The molecule has 0 aliphatic carbocycles. The lowest BCUT2D eigenvalue weighted by molar-refractivity contribution is 0.0793. The molecule has 2 heterocycles. The average Bonchev–Trinajstić information content (AvgIpc) is 3.09. The maximum absolute atomic E-state index is 12.5. The minimum absolute atomic E-state index is 0.159. The fourth-order valence-corrected chi connectivity index (χ4v) is 2.96. The smallest absolute Gasteiger partial charge is 0.253 e. The molecule has 3 nitrogen and oxygen atoms in total. The number of rotatable bonds is 2. The van der Waals surface area contributed by atoms with E-state index in [0.717, 1.165) is 37.2 Å². The van der Waals surface area contributed by atoms with Crippen molar-refractivity contribution in [2.75, 3.05) is 13.1 Å². The Morgan fingerprint density at radius 2 is 1.65 bits per heavy atom. The molecule has 1 aromatic heterocycles. The molecular weight excluding hydrogens is 248 g/mol. The predicted molar refractivity (Wildman–Crippen MR) is 80.4 cm³/mol. The predicted octanol–water partition coefficient (Wildman–Crippen LogP) is 3.33. The Hall–Kier alpha value is -2.03. The summed E-state index contributed by atoms with van der Waals surface area (Å²) in [5, 5.41) is 0. The Kier molecular flexibility index (Phi) is 3.35. The van der Waals surface area contributed by atoms with Gasteiger partial charge in [-0.25, -0.2) is 0 Å². The minimum Gasteiger partial charge on any atom is -0.339 e. The molecule has 2 aromatic rings. The molecule has 1 aliphatic rings. The topological polar surface area (TPSA) is 25.2 Å². The molecule has 1 aromatic carbocycles. The number of hydrogen-bond acceptors (Lipinski definition) is 1. The third kappa shape index (κ3) is 2.24. The lowest BCUT2D eigenvalue weighted by Gasteiger charge is -2.16. The minimum atomic E-state index is 0.159. The van der Waals surface area contributed by atoms with Crippen molar-refractivity contribution in [3.05, 3.63) is 53.3 Å². The number of nitrogens with zero attached hydrogens (tertiary/aromatic N) is 2. The van der Waals surface area contributed by atoms with Gasteiger partial charge in [0.2, 0.25) is 0 Å². The molecule has 0 N–H and O–H groups in total. The fourth-order valence-electron chi connectivity index (χ4n) is 2.96. The summed E-state index contributed by atoms with van der Waals surface area (Å²) in [6.07, 6.45) is 2.25. The van der Waals surface area contributed by atoms with Gasteiger partial charge in [-0.05, 0) is 57.0 Å². The maximum Gasteiger partial charge on any atom is 0.253 e. The molecule has 20 heavy (non-hydrogen) atoms. The zero-order valence-corrected chi connectivity index (χ0v) is 12.1. The van der Waals surface area contributed by atoms with Gasteiger partial charge in [-0.3, -0.25) is 4.79 Å². The van der Waals surface area contributed by atoms with Crippen LogP contribution in [0.25, 0.3) is 5.69 Å². The van der Waals surface area contributed by atoms with Gasteiger partial charge >= 0.3 is 0 Å². The van der Waals surface area contributed by atoms with Gasteiger partial charge in [0.15, 0.2) is 0 Å². The largest absolute Gasteiger partial charge is 0.339 e. The summed E-state index contributed by atoms with van der Waals surface area (Å²) in [6.45, 7) is 5.96. The molecule has 1 amide bonds. The van der Waals surface area contributed by atoms with E-state index in [0.29, 0.717) is 0 Å². The van der Waals surface area contributed by atoms with Gasteiger partial charge in [0, 0.05) is 35.7 Å². The molecular formula is C17H20N2O. The molecule has 0 saturated carbocycles. The highest BCUT2D eigenvalue weighted by Crippen LogP contribution is 2.19. The van der Waals surface area contributed by atoms with Crippen LogP contribution in [0.5, 0.6) is 0 Å². The van der Waals surface area contributed by atoms with Crippen molar-refractivity contribution in [3.8, 4) is 5.69 Å². The van der Waals surface area contributed by atoms with Crippen LogP contribution in [0.3, 0.4) is 0 Å². The summed E-state index contributed by atoms with van der Waals surface area (Å²) >= 11 is 0. The van der Waals surface area contributed by atoms with Crippen molar-refractivity contribution >= 4 is 5.91 Å². The van der Waals surface area contributed by atoms with Crippen molar-refractivity contribution in [2.45, 2.75) is 26.7 Å². The first-order valence-electron chi connectivity index (χ1n) is 7.21. The molecule has 0 bridgehead atoms. The molecule has 1 aliphatic heterocycles. The van der Waals surface area contributed by atoms with Crippen molar-refractivity contribution in [1.29, 1.82) is 0 Å². The van der Waals surface area contributed by atoms with E-state index >= 15 is 0 Å². The molecule has 1 fully saturated rings. The number of carbonyl (C=O) groups is 1. The van der Waals surface area contributed by atoms with E-state index in [9.17, 15) is 4.79 Å². The zero-order valence-electron chi connectivity index (χ0n) is 12.1. The van der Waals surface area contributed by atoms with Crippen molar-refractivity contribution in [3.63, 3.8) is 0 Å². The Bertz CT molecular complexity index is 617. The van der Waals surface area contributed by atoms with E-state index in [1.54, 1.807) is 0 Å². The molecule has 1 saturated heterocycles. The second-order valence-electron chi connectivity index (χ2n) is 5.50. The van der Waals surface area contributed by atoms with Gasteiger partial charge in [-0.15, -0.1) is 0 Å². The van der Waals surface area contributed by atoms with Gasteiger partial charge in [0.1, 0.15) is 0 Å². The summed E-state index contributed by atoms with van der Waals surface area (Å²) in [6, 6.07) is 12.1. The summed E-state index contributed by atoms with van der Waals surface area (Å²) in [5.74, 6) is 0.159. The third-order valence-corrected chi connectivity index (χ3v) is 4.02. The van der Waals surface area contributed by atoms with E-state index in [-0.39, 0.29) is 5.91 Å². The van der Waals surface area contributed by atoms with Crippen LogP contribution in [-0.2, 0) is 0 Å². The highest BCUT2D eigenvalue weighted by molar-refractivity contribution is 5.94. The quantitative estimate of drug-likeness (QED) is 0.820. The second kappa shape index (κ2) is 5.16. The number of likely N-dealkylation sites (tertiary alicyclic amines) is 1. The third-order valence-electron chi connectivity index (χ3n) is 4.02. The normalized spacial score (nSPS) is 14.8. The zero-order chi connectivity index (χ0) is 14.1. The van der Waals surface area contributed by atoms with E-state index in [4.69, 9.17) is 0 Å². The van der Waals surface area contributed by atoms with E-state index < -0.39 is 0 Å². The molecule has 3 heteroatoms. The highest BCUT2D eigenvalue weighted by atomic mass is 16.2. The van der Waals surface area contributed by atoms with Gasteiger partial charge < -0.3 is 9.47 Å². The summed E-state index contributed by atoms with van der Waals surface area (Å²) in [7, 11) is 0. The SMILES string of the molecule is Cc1ccc(C)n1-c1cccc(C(=O)N2CCCC2)c1. The first-order chi connectivity index (χ1) is 9.66. The van der Waals surface area contributed by atoms with E-state index in [1.165, 1.54) is 11.4 Å². The van der Waals surface area contributed by atoms with Crippen LogP contribution < -0.4 is 0 Å². The molecule has 0 radical (unpaired) electrons. The number of carbonyl (C=O) groups excluding carboxylic acids is 1. The van der Waals surface area contributed by atoms with Crippen LogP contribution in [0.2, 0.25) is 0 Å². The Labute approximate surface area is 119 Å². The van der Waals surface area contributed by atoms with Crippen molar-refractivity contribution in [2.24, 2.45) is 0 Å². The van der Waals surface area contributed by atoms with Gasteiger partial charge in [-0.1, -0.05) is 6.07 Å². The lowest BCUT2D eigenvalue weighted by Crippen LogP contribution is -2.27. The highest BCUT2D eigenvalue weighted by Gasteiger charge is 2.19. The Morgan fingerprint density at radius 3 is 2.30 bits per heavy atom. The first kappa shape index (κ1) is 13.0. The first-order valence-corrected chi connectivity index (χ1v) is 7.21. The number of aryl methyl sites for hydroxylation is 2. The summed E-state index contributed by atoms with van der Waals surface area (Å²) < 4.78 is 2.18. The standard InChI is InChI=1S/C17H20N2O/c1-13-8-9-14(2)19(13)16-7-5-6-15(12-16)17(20)18-10-3-4-11-18/h5-9,12H,3-4,10-11H2,1-2H3. The van der Waals surface area contributed by atoms with Crippen molar-refractivity contribution < 1.29 is 4.79 Å². The Balaban J connectivity index is 1.95. The molecule has 0 spiro atoms. The monoisotopic (exact) mass is 268 g/mol. The van der Waals surface area contributed by atoms with Crippen LogP contribution >= 0.6 is 0 Å². The van der Waals surface area contributed by atoms with Gasteiger partial charge in [0.05, 0.1) is 0 Å².